The Morgan fingerprint density at radius 1 is 1.19 bits per heavy atom. The molecular formula is C19H19N3O3S. The van der Waals surface area contributed by atoms with E-state index >= 15 is 0 Å². The Labute approximate surface area is 156 Å². The monoisotopic (exact) mass is 369 g/mol. The Kier molecular flexibility index (Phi) is 5.91. The third-order valence-electron chi connectivity index (χ3n) is 3.58. The molecule has 2 N–H and O–H groups in total. The first-order chi connectivity index (χ1) is 12.6. The van der Waals surface area contributed by atoms with Crippen molar-refractivity contribution in [2.75, 3.05) is 11.9 Å². The average Bonchev–Trinajstić information content (AvgIpc) is 2.96. The molecule has 0 aliphatic carbocycles. The molecule has 6 nitrogen and oxygen atoms in total. The third-order valence-corrected chi connectivity index (χ3v) is 4.67. The zero-order valence-corrected chi connectivity index (χ0v) is 15.1. The summed E-state index contributed by atoms with van der Waals surface area (Å²) < 4.78 is 5.37. The summed E-state index contributed by atoms with van der Waals surface area (Å²) in [5.41, 5.74) is 1.43. The molecule has 134 valence electrons. The van der Waals surface area contributed by atoms with Gasteiger partial charge in [0.1, 0.15) is 11.0 Å². The van der Waals surface area contributed by atoms with Crippen LogP contribution in [0, 0.1) is 0 Å². The van der Waals surface area contributed by atoms with Crippen molar-refractivity contribution < 1.29 is 14.3 Å². The number of anilines is 1. The lowest BCUT2D eigenvalue weighted by Crippen LogP contribution is -2.28. The SMILES string of the molecule is CCOc1ccc(NC(=O)C[C@H]2SC(=Nc3ccccc3)NC2=O)cc1. The Bertz CT molecular complexity index is 807. The van der Waals surface area contributed by atoms with E-state index in [2.05, 4.69) is 15.6 Å². The Morgan fingerprint density at radius 2 is 1.92 bits per heavy atom. The van der Waals surface area contributed by atoms with Crippen LogP contribution in [0.3, 0.4) is 0 Å². The highest BCUT2D eigenvalue weighted by molar-refractivity contribution is 8.15. The molecule has 0 aromatic heterocycles. The van der Waals surface area contributed by atoms with Crippen molar-refractivity contribution in [3.05, 3.63) is 54.6 Å². The number of hydrogen-bond acceptors (Lipinski definition) is 5. The van der Waals surface area contributed by atoms with E-state index < -0.39 is 5.25 Å². The number of nitrogens with one attached hydrogen (secondary N) is 2. The predicted octanol–water partition coefficient (Wildman–Crippen LogP) is 3.33. The maximum atomic E-state index is 12.2. The van der Waals surface area contributed by atoms with E-state index in [1.54, 1.807) is 24.3 Å². The van der Waals surface area contributed by atoms with Crippen molar-refractivity contribution in [3.8, 4) is 5.75 Å². The quantitative estimate of drug-likeness (QED) is 0.818. The van der Waals surface area contributed by atoms with E-state index in [1.807, 2.05) is 37.3 Å². The average molecular weight is 369 g/mol. The van der Waals surface area contributed by atoms with Crippen LogP contribution in [0.2, 0.25) is 0 Å². The summed E-state index contributed by atoms with van der Waals surface area (Å²) in [6.45, 7) is 2.50. The smallest absolute Gasteiger partial charge is 0.240 e. The van der Waals surface area contributed by atoms with Crippen LogP contribution in [0.5, 0.6) is 5.75 Å². The van der Waals surface area contributed by atoms with Crippen LogP contribution >= 0.6 is 11.8 Å². The Morgan fingerprint density at radius 3 is 2.62 bits per heavy atom. The van der Waals surface area contributed by atoms with Crippen LogP contribution in [0.1, 0.15) is 13.3 Å². The molecule has 0 saturated carbocycles. The second-order valence-corrected chi connectivity index (χ2v) is 6.75. The lowest BCUT2D eigenvalue weighted by atomic mass is 10.2. The molecule has 0 bridgehead atoms. The number of carbonyl (C=O) groups is 2. The number of hydrogen-bond donors (Lipinski definition) is 2. The summed E-state index contributed by atoms with van der Waals surface area (Å²) in [6, 6.07) is 16.5. The zero-order valence-electron chi connectivity index (χ0n) is 14.3. The van der Waals surface area contributed by atoms with E-state index in [0.717, 1.165) is 11.4 Å². The van der Waals surface area contributed by atoms with Gasteiger partial charge < -0.3 is 15.4 Å². The summed E-state index contributed by atoms with van der Waals surface area (Å²) in [5.74, 6) is 0.326. The minimum atomic E-state index is -0.486. The number of rotatable bonds is 6. The van der Waals surface area contributed by atoms with E-state index in [4.69, 9.17) is 4.74 Å². The van der Waals surface area contributed by atoms with E-state index in [9.17, 15) is 9.59 Å². The van der Waals surface area contributed by atoms with E-state index in [0.29, 0.717) is 17.5 Å². The van der Waals surface area contributed by atoms with Gasteiger partial charge in [-0.15, -0.1) is 0 Å². The first-order valence-electron chi connectivity index (χ1n) is 8.28. The van der Waals surface area contributed by atoms with Crippen molar-refractivity contribution in [1.29, 1.82) is 0 Å². The largest absolute Gasteiger partial charge is 0.494 e. The molecular weight excluding hydrogens is 350 g/mol. The molecule has 1 aliphatic heterocycles. The number of thioether (sulfide) groups is 1. The van der Waals surface area contributed by atoms with Gasteiger partial charge in [0.15, 0.2) is 5.17 Å². The number of benzene rings is 2. The van der Waals surface area contributed by atoms with Gasteiger partial charge in [0.05, 0.1) is 12.3 Å². The molecule has 1 atom stereocenters. The first-order valence-corrected chi connectivity index (χ1v) is 9.16. The Balaban J connectivity index is 1.56. The molecule has 26 heavy (non-hydrogen) atoms. The fourth-order valence-electron chi connectivity index (χ4n) is 2.39. The Hall–Kier alpha value is -2.80. The number of carbonyl (C=O) groups excluding carboxylic acids is 2. The number of amidine groups is 1. The highest BCUT2D eigenvalue weighted by Crippen LogP contribution is 2.25. The lowest BCUT2D eigenvalue weighted by Gasteiger charge is -2.08. The highest BCUT2D eigenvalue weighted by Gasteiger charge is 2.32. The molecule has 7 heteroatoms. The van der Waals surface area contributed by atoms with Gasteiger partial charge in [0, 0.05) is 12.1 Å². The van der Waals surface area contributed by atoms with Crippen LogP contribution < -0.4 is 15.4 Å². The van der Waals surface area contributed by atoms with Crippen LogP contribution in [0.25, 0.3) is 0 Å². The van der Waals surface area contributed by atoms with Gasteiger partial charge in [0.2, 0.25) is 11.8 Å². The highest BCUT2D eigenvalue weighted by atomic mass is 32.2. The minimum absolute atomic E-state index is 0.0809. The number of amides is 2. The third kappa shape index (κ3) is 4.86. The van der Waals surface area contributed by atoms with Crippen molar-refractivity contribution in [2.24, 2.45) is 4.99 Å². The van der Waals surface area contributed by atoms with Crippen molar-refractivity contribution >= 4 is 40.1 Å². The van der Waals surface area contributed by atoms with Gasteiger partial charge in [-0.2, -0.15) is 0 Å². The molecule has 2 aromatic rings. The molecule has 2 amide bonds. The summed E-state index contributed by atoms with van der Waals surface area (Å²) in [5, 5.41) is 5.54. The first kappa shape index (κ1) is 18.0. The second kappa shape index (κ2) is 8.53. The van der Waals surface area contributed by atoms with E-state index in [-0.39, 0.29) is 18.2 Å². The number of aliphatic imine (C=N–C) groups is 1. The fourth-order valence-corrected chi connectivity index (χ4v) is 3.38. The predicted molar refractivity (Wildman–Crippen MR) is 104 cm³/mol. The molecule has 1 aliphatic rings. The number of para-hydroxylation sites is 1. The summed E-state index contributed by atoms with van der Waals surface area (Å²) >= 11 is 1.27. The molecule has 2 aromatic carbocycles. The molecule has 1 heterocycles. The molecule has 1 fully saturated rings. The maximum absolute atomic E-state index is 12.2. The number of ether oxygens (including phenoxy) is 1. The van der Waals surface area contributed by atoms with Crippen molar-refractivity contribution in [1.82, 2.24) is 5.32 Å². The molecule has 0 spiro atoms. The summed E-state index contributed by atoms with van der Waals surface area (Å²) in [6.07, 6.45) is 0.0809. The standard InChI is InChI=1S/C19H19N3O3S/c1-2-25-15-10-8-14(9-11-15)20-17(23)12-16-18(24)22-19(26-16)21-13-6-4-3-5-7-13/h3-11,16H,2,12H2,1H3,(H,20,23)(H,21,22,24)/t16-/m1/s1. The number of nitrogens with zero attached hydrogens (tertiary/aromatic N) is 1. The molecule has 0 radical (unpaired) electrons. The van der Waals surface area contributed by atoms with Gasteiger partial charge >= 0.3 is 0 Å². The molecule has 1 saturated heterocycles. The summed E-state index contributed by atoms with van der Waals surface area (Å²) in [7, 11) is 0. The normalized spacial score (nSPS) is 17.8. The van der Waals surface area contributed by atoms with Gasteiger partial charge in [0.25, 0.3) is 0 Å². The van der Waals surface area contributed by atoms with Gasteiger partial charge in [-0.3, -0.25) is 9.59 Å². The van der Waals surface area contributed by atoms with Crippen LogP contribution in [-0.4, -0.2) is 28.8 Å². The second-order valence-electron chi connectivity index (χ2n) is 5.56. The van der Waals surface area contributed by atoms with Gasteiger partial charge in [-0.25, -0.2) is 4.99 Å². The van der Waals surface area contributed by atoms with Crippen LogP contribution in [-0.2, 0) is 9.59 Å². The van der Waals surface area contributed by atoms with Crippen molar-refractivity contribution in [2.45, 2.75) is 18.6 Å². The maximum Gasteiger partial charge on any atom is 0.240 e. The molecule has 0 unspecified atom stereocenters. The molecule has 3 rings (SSSR count). The topological polar surface area (TPSA) is 79.8 Å². The lowest BCUT2D eigenvalue weighted by molar-refractivity contribution is -0.122. The van der Waals surface area contributed by atoms with Crippen molar-refractivity contribution in [3.63, 3.8) is 0 Å². The minimum Gasteiger partial charge on any atom is -0.494 e. The van der Waals surface area contributed by atoms with Crippen LogP contribution in [0.15, 0.2) is 59.6 Å². The van der Waals surface area contributed by atoms with Crippen LogP contribution in [0.4, 0.5) is 11.4 Å². The van der Waals surface area contributed by atoms with Gasteiger partial charge in [-0.1, -0.05) is 30.0 Å². The summed E-state index contributed by atoms with van der Waals surface area (Å²) in [4.78, 5) is 28.7. The fraction of sp³-hybridized carbons (Fsp3) is 0.211. The zero-order chi connectivity index (χ0) is 18.4. The van der Waals surface area contributed by atoms with E-state index in [1.165, 1.54) is 11.8 Å². The van der Waals surface area contributed by atoms with Gasteiger partial charge in [-0.05, 0) is 43.3 Å².